The molecule has 4 heteroatoms. The highest BCUT2D eigenvalue weighted by molar-refractivity contribution is 5.76. The Morgan fingerprint density at radius 3 is 2.00 bits per heavy atom. The predicted molar refractivity (Wildman–Crippen MR) is 80.9 cm³/mol. The summed E-state index contributed by atoms with van der Waals surface area (Å²) in [5.74, 6) is -0.217. The zero-order valence-electron chi connectivity index (χ0n) is 13.1. The minimum atomic E-state index is -0.266. The number of benzene rings is 1. The minimum Gasteiger partial charge on any atom is -0.465 e. The Balaban J connectivity index is 2.62. The van der Waals surface area contributed by atoms with Crippen LogP contribution in [-0.2, 0) is 31.9 Å². The molecule has 0 aromatic heterocycles. The Kier molecular flexibility index (Phi) is 7.51. The Morgan fingerprint density at radius 1 is 1.00 bits per heavy atom. The number of ether oxygens (including phenoxy) is 2. The number of carbonyl (C=O) groups is 2. The number of esters is 2. The second-order valence-electron chi connectivity index (χ2n) is 5.42. The van der Waals surface area contributed by atoms with E-state index >= 15 is 0 Å². The lowest BCUT2D eigenvalue weighted by Gasteiger charge is -2.10. The van der Waals surface area contributed by atoms with Crippen molar-refractivity contribution >= 4 is 11.9 Å². The molecule has 0 N–H and O–H groups in total. The van der Waals surface area contributed by atoms with E-state index in [1.165, 1.54) is 0 Å². The molecular formula is C17H24O4. The average molecular weight is 292 g/mol. The highest BCUT2D eigenvalue weighted by atomic mass is 16.5. The van der Waals surface area contributed by atoms with Crippen LogP contribution >= 0.6 is 0 Å². The molecule has 1 aromatic rings. The molecule has 1 aromatic carbocycles. The highest BCUT2D eigenvalue weighted by Crippen LogP contribution is 2.12. The van der Waals surface area contributed by atoms with Gasteiger partial charge in [0.25, 0.3) is 0 Å². The van der Waals surface area contributed by atoms with Crippen molar-refractivity contribution in [3.05, 3.63) is 35.4 Å². The van der Waals surface area contributed by atoms with E-state index in [9.17, 15) is 9.59 Å². The van der Waals surface area contributed by atoms with Crippen LogP contribution in [-0.4, -0.2) is 25.2 Å². The lowest BCUT2D eigenvalue weighted by molar-refractivity contribution is -0.144. The summed E-state index contributed by atoms with van der Waals surface area (Å²) >= 11 is 0. The van der Waals surface area contributed by atoms with E-state index < -0.39 is 0 Å². The van der Waals surface area contributed by atoms with Gasteiger partial charge in [0.05, 0.1) is 26.1 Å². The summed E-state index contributed by atoms with van der Waals surface area (Å²) in [5.41, 5.74) is 1.64. The van der Waals surface area contributed by atoms with Crippen LogP contribution in [0.4, 0.5) is 0 Å². The van der Waals surface area contributed by atoms with Crippen molar-refractivity contribution in [2.24, 2.45) is 5.92 Å². The Bertz CT molecular complexity index is 466. The molecule has 0 aliphatic rings. The Hall–Kier alpha value is -1.84. The Morgan fingerprint density at radius 2 is 1.52 bits per heavy atom. The fourth-order valence-corrected chi connectivity index (χ4v) is 1.79. The first-order valence-electron chi connectivity index (χ1n) is 7.41. The van der Waals surface area contributed by atoms with E-state index in [0.717, 1.165) is 17.5 Å². The molecule has 0 unspecified atom stereocenters. The van der Waals surface area contributed by atoms with Crippen molar-refractivity contribution in [2.45, 2.75) is 40.0 Å². The first-order chi connectivity index (χ1) is 10.0. The minimum absolute atomic E-state index is 0.184. The number of carbonyl (C=O) groups excluding carboxylic acids is 2. The summed E-state index contributed by atoms with van der Waals surface area (Å²) in [4.78, 5) is 23.5. The quantitative estimate of drug-likeness (QED) is 0.691. The van der Waals surface area contributed by atoms with Crippen molar-refractivity contribution in [2.75, 3.05) is 13.2 Å². The summed E-state index contributed by atoms with van der Waals surface area (Å²) in [7, 11) is 0. The van der Waals surface area contributed by atoms with Crippen LogP contribution in [0.2, 0.25) is 0 Å². The topological polar surface area (TPSA) is 52.6 Å². The van der Waals surface area contributed by atoms with Crippen molar-refractivity contribution in [1.29, 1.82) is 0 Å². The lowest BCUT2D eigenvalue weighted by atomic mass is 10.0. The molecule has 1 rings (SSSR count). The molecular weight excluding hydrogens is 268 g/mol. The molecule has 0 spiro atoms. The van der Waals surface area contributed by atoms with Crippen LogP contribution in [0.1, 0.15) is 38.3 Å². The third kappa shape index (κ3) is 6.93. The molecule has 0 aliphatic carbocycles. The second kappa shape index (κ2) is 9.16. The van der Waals surface area contributed by atoms with E-state index in [1.54, 1.807) is 0 Å². The van der Waals surface area contributed by atoms with Gasteiger partial charge in [-0.15, -0.1) is 0 Å². The summed E-state index contributed by atoms with van der Waals surface area (Å²) in [6, 6.07) is 7.40. The second-order valence-corrected chi connectivity index (χ2v) is 5.42. The number of hydrogen-bond acceptors (Lipinski definition) is 4. The van der Waals surface area contributed by atoms with E-state index in [-0.39, 0.29) is 24.8 Å². The molecule has 0 amide bonds. The lowest BCUT2D eigenvalue weighted by Crippen LogP contribution is -2.15. The highest BCUT2D eigenvalue weighted by Gasteiger charge is 2.12. The van der Waals surface area contributed by atoms with Gasteiger partial charge in [0.1, 0.15) is 0 Å². The fraction of sp³-hybridized carbons (Fsp3) is 0.529. The van der Waals surface area contributed by atoms with Gasteiger partial charge in [0.2, 0.25) is 0 Å². The fourth-order valence-electron chi connectivity index (χ4n) is 1.79. The monoisotopic (exact) mass is 292 g/mol. The molecule has 0 fully saturated rings. The molecule has 0 heterocycles. The van der Waals surface area contributed by atoms with Gasteiger partial charge >= 0.3 is 11.9 Å². The molecule has 116 valence electrons. The molecule has 0 atom stereocenters. The third-order valence-electron chi connectivity index (χ3n) is 2.83. The first-order valence-corrected chi connectivity index (χ1v) is 7.41. The van der Waals surface area contributed by atoms with Crippen LogP contribution in [0.3, 0.4) is 0 Å². The van der Waals surface area contributed by atoms with Crippen LogP contribution in [0.5, 0.6) is 0 Å². The van der Waals surface area contributed by atoms with Crippen LogP contribution in [0, 0.1) is 5.92 Å². The molecule has 21 heavy (non-hydrogen) atoms. The predicted octanol–water partition coefficient (Wildman–Crippen LogP) is 2.92. The van der Waals surface area contributed by atoms with Crippen LogP contribution in [0.25, 0.3) is 0 Å². The van der Waals surface area contributed by atoms with Crippen LogP contribution < -0.4 is 0 Å². The van der Waals surface area contributed by atoms with Gasteiger partial charge in [-0.2, -0.15) is 0 Å². The maximum Gasteiger partial charge on any atom is 0.310 e. The van der Waals surface area contributed by atoms with Crippen molar-refractivity contribution < 1.29 is 19.1 Å². The van der Waals surface area contributed by atoms with E-state index in [1.807, 2.05) is 45.0 Å². The van der Waals surface area contributed by atoms with Gasteiger partial charge < -0.3 is 9.47 Å². The van der Waals surface area contributed by atoms with Gasteiger partial charge in [-0.25, -0.2) is 0 Å². The third-order valence-corrected chi connectivity index (χ3v) is 2.83. The molecule has 4 nitrogen and oxygen atoms in total. The van der Waals surface area contributed by atoms with Crippen molar-refractivity contribution in [1.82, 2.24) is 0 Å². The Labute approximate surface area is 126 Å². The molecule has 0 bridgehead atoms. The van der Waals surface area contributed by atoms with Gasteiger partial charge in [-0.3, -0.25) is 9.59 Å². The number of hydrogen-bond donors (Lipinski definition) is 0. The maximum atomic E-state index is 11.8. The van der Waals surface area contributed by atoms with Crippen molar-refractivity contribution in [3.63, 3.8) is 0 Å². The molecule has 0 aliphatic heterocycles. The molecule has 0 saturated carbocycles. The smallest absolute Gasteiger partial charge is 0.310 e. The SMILES string of the molecule is CCCOC(=O)Cc1ccccc1CC(=O)OCC(C)C. The summed E-state index contributed by atoms with van der Waals surface area (Å²) < 4.78 is 10.3. The molecule has 0 saturated heterocycles. The molecule has 0 radical (unpaired) electrons. The standard InChI is InChI=1S/C17H24O4/c1-4-9-20-16(18)10-14-7-5-6-8-15(14)11-17(19)21-12-13(2)3/h5-8,13H,4,9-12H2,1-3H3. The maximum absolute atomic E-state index is 11.8. The van der Waals surface area contributed by atoms with E-state index in [0.29, 0.717) is 19.1 Å². The first kappa shape index (κ1) is 17.2. The van der Waals surface area contributed by atoms with E-state index in [4.69, 9.17) is 9.47 Å². The normalized spacial score (nSPS) is 10.5. The van der Waals surface area contributed by atoms with E-state index in [2.05, 4.69) is 0 Å². The van der Waals surface area contributed by atoms with Gasteiger partial charge in [0.15, 0.2) is 0 Å². The van der Waals surface area contributed by atoms with Gasteiger partial charge in [-0.05, 0) is 23.5 Å². The van der Waals surface area contributed by atoms with Gasteiger partial charge in [-0.1, -0.05) is 45.0 Å². The largest absolute Gasteiger partial charge is 0.465 e. The zero-order valence-corrected chi connectivity index (χ0v) is 13.1. The average Bonchev–Trinajstić information content (AvgIpc) is 2.45. The van der Waals surface area contributed by atoms with Crippen molar-refractivity contribution in [3.8, 4) is 0 Å². The number of rotatable bonds is 8. The van der Waals surface area contributed by atoms with Crippen LogP contribution in [0.15, 0.2) is 24.3 Å². The summed E-state index contributed by atoms with van der Waals surface area (Å²) in [5, 5.41) is 0. The summed E-state index contributed by atoms with van der Waals surface area (Å²) in [6.07, 6.45) is 1.17. The summed E-state index contributed by atoms with van der Waals surface area (Å²) in [6.45, 7) is 6.78. The zero-order chi connectivity index (χ0) is 15.7. The van der Waals surface area contributed by atoms with Gasteiger partial charge in [0, 0.05) is 0 Å².